The molecule has 0 heterocycles. The molecule has 0 spiro atoms. The lowest BCUT2D eigenvalue weighted by Crippen LogP contribution is -2.40. The summed E-state index contributed by atoms with van der Waals surface area (Å²) in [5.41, 5.74) is 0.836. The van der Waals surface area contributed by atoms with E-state index in [1.165, 1.54) is 19.3 Å². The van der Waals surface area contributed by atoms with Gasteiger partial charge in [0.25, 0.3) is 0 Å². The van der Waals surface area contributed by atoms with E-state index in [0.717, 1.165) is 24.9 Å². The Hall–Kier alpha value is -2.17. The van der Waals surface area contributed by atoms with Crippen molar-refractivity contribution in [3.05, 3.63) is 23.8 Å². The summed E-state index contributed by atoms with van der Waals surface area (Å²) < 4.78 is 16.0. The van der Waals surface area contributed by atoms with Crippen LogP contribution in [0.2, 0.25) is 0 Å². The molecule has 1 saturated carbocycles. The molecule has 25 heavy (non-hydrogen) atoms. The van der Waals surface area contributed by atoms with E-state index in [4.69, 9.17) is 14.2 Å². The van der Waals surface area contributed by atoms with Gasteiger partial charge in [0, 0.05) is 18.7 Å². The van der Waals surface area contributed by atoms with E-state index in [1.54, 1.807) is 33.5 Å². The molecular weight excluding hydrogens is 318 g/mol. The average Bonchev–Trinajstić information content (AvgIpc) is 2.66. The highest BCUT2D eigenvalue weighted by molar-refractivity contribution is 5.92. The van der Waals surface area contributed by atoms with Crippen LogP contribution in [0.25, 0.3) is 6.08 Å². The smallest absolute Gasteiger partial charge is 0.246 e. The van der Waals surface area contributed by atoms with Crippen LogP contribution in [0.15, 0.2) is 18.2 Å². The summed E-state index contributed by atoms with van der Waals surface area (Å²) >= 11 is 0. The molecule has 5 nitrogen and oxygen atoms in total. The number of hydrogen-bond acceptors (Lipinski definition) is 4. The predicted molar refractivity (Wildman–Crippen MR) is 99.4 cm³/mol. The molecular formula is C20H29NO4. The van der Waals surface area contributed by atoms with Crippen molar-refractivity contribution in [2.24, 2.45) is 0 Å². The van der Waals surface area contributed by atoms with Gasteiger partial charge in [0.15, 0.2) is 11.5 Å². The second-order valence-corrected chi connectivity index (χ2v) is 6.21. The molecule has 1 aromatic rings. The van der Waals surface area contributed by atoms with Crippen molar-refractivity contribution < 1.29 is 19.0 Å². The zero-order chi connectivity index (χ0) is 18.2. The first kappa shape index (κ1) is 19.2. The zero-order valence-electron chi connectivity index (χ0n) is 15.7. The number of ether oxygens (including phenoxy) is 3. The molecule has 0 N–H and O–H groups in total. The van der Waals surface area contributed by atoms with Gasteiger partial charge in [0.2, 0.25) is 11.7 Å². The number of rotatable bonds is 7. The van der Waals surface area contributed by atoms with Gasteiger partial charge in [-0.15, -0.1) is 0 Å². The van der Waals surface area contributed by atoms with Crippen molar-refractivity contribution in [1.82, 2.24) is 4.90 Å². The summed E-state index contributed by atoms with van der Waals surface area (Å²) in [6, 6.07) is 4.04. The van der Waals surface area contributed by atoms with Gasteiger partial charge in [-0.2, -0.15) is 0 Å². The third-order valence-electron chi connectivity index (χ3n) is 4.74. The number of nitrogens with zero attached hydrogens (tertiary/aromatic N) is 1. The van der Waals surface area contributed by atoms with Crippen LogP contribution in [0.3, 0.4) is 0 Å². The minimum Gasteiger partial charge on any atom is -0.493 e. The minimum atomic E-state index is 0.0585. The van der Waals surface area contributed by atoms with Gasteiger partial charge in [0.05, 0.1) is 21.3 Å². The van der Waals surface area contributed by atoms with Gasteiger partial charge >= 0.3 is 0 Å². The largest absolute Gasteiger partial charge is 0.493 e. The van der Waals surface area contributed by atoms with Crippen molar-refractivity contribution in [2.45, 2.75) is 45.1 Å². The summed E-state index contributed by atoms with van der Waals surface area (Å²) in [5.74, 6) is 1.76. The highest BCUT2D eigenvalue weighted by Crippen LogP contribution is 2.38. The number of hydrogen-bond donors (Lipinski definition) is 0. The zero-order valence-corrected chi connectivity index (χ0v) is 15.7. The standard InChI is InChI=1S/C20H29NO4/c1-5-21(16-9-7-6-8-10-16)19(22)12-11-15-13-17(23-2)20(25-4)18(14-15)24-3/h11-14,16H,5-10H2,1-4H3/b12-11+. The van der Waals surface area contributed by atoms with Gasteiger partial charge in [-0.05, 0) is 43.5 Å². The summed E-state index contributed by atoms with van der Waals surface area (Å²) in [7, 11) is 4.73. The first-order valence-corrected chi connectivity index (χ1v) is 8.93. The maximum absolute atomic E-state index is 12.6. The van der Waals surface area contributed by atoms with Crippen LogP contribution in [-0.4, -0.2) is 44.7 Å². The van der Waals surface area contributed by atoms with Crippen LogP contribution in [0.4, 0.5) is 0 Å². The molecule has 1 aromatic carbocycles. The van der Waals surface area contributed by atoms with E-state index in [-0.39, 0.29) is 5.91 Å². The molecule has 138 valence electrons. The number of amides is 1. The Morgan fingerprint density at radius 1 is 1.08 bits per heavy atom. The first-order chi connectivity index (χ1) is 12.1. The minimum absolute atomic E-state index is 0.0585. The van der Waals surface area contributed by atoms with Crippen LogP contribution in [0.5, 0.6) is 17.2 Å². The van der Waals surface area contributed by atoms with Gasteiger partial charge in [-0.3, -0.25) is 4.79 Å². The predicted octanol–water partition coefficient (Wildman–Crippen LogP) is 3.91. The number of carbonyl (C=O) groups is 1. The van der Waals surface area contributed by atoms with Crippen LogP contribution >= 0.6 is 0 Å². The van der Waals surface area contributed by atoms with Crippen molar-refractivity contribution in [3.63, 3.8) is 0 Å². The van der Waals surface area contributed by atoms with Gasteiger partial charge < -0.3 is 19.1 Å². The van der Waals surface area contributed by atoms with E-state index in [9.17, 15) is 4.79 Å². The second-order valence-electron chi connectivity index (χ2n) is 6.21. The fourth-order valence-corrected chi connectivity index (χ4v) is 3.45. The topological polar surface area (TPSA) is 48.0 Å². The van der Waals surface area contributed by atoms with Crippen LogP contribution in [-0.2, 0) is 4.79 Å². The number of benzene rings is 1. The Balaban J connectivity index is 2.17. The van der Waals surface area contributed by atoms with Crippen molar-refractivity contribution in [1.29, 1.82) is 0 Å². The maximum Gasteiger partial charge on any atom is 0.246 e. The monoisotopic (exact) mass is 347 g/mol. The van der Waals surface area contributed by atoms with Crippen molar-refractivity contribution in [3.8, 4) is 17.2 Å². The number of carbonyl (C=O) groups excluding carboxylic acids is 1. The molecule has 0 aliphatic heterocycles. The maximum atomic E-state index is 12.6. The molecule has 0 radical (unpaired) electrons. The van der Waals surface area contributed by atoms with Crippen molar-refractivity contribution in [2.75, 3.05) is 27.9 Å². The van der Waals surface area contributed by atoms with Gasteiger partial charge in [-0.25, -0.2) is 0 Å². The highest BCUT2D eigenvalue weighted by atomic mass is 16.5. The SMILES string of the molecule is CCN(C(=O)/C=C/c1cc(OC)c(OC)c(OC)c1)C1CCCCC1. The molecule has 0 bridgehead atoms. The van der Waals surface area contributed by atoms with Crippen LogP contribution in [0.1, 0.15) is 44.6 Å². The Bertz CT molecular complexity index is 581. The van der Waals surface area contributed by atoms with Crippen LogP contribution in [0, 0.1) is 0 Å². The third-order valence-corrected chi connectivity index (χ3v) is 4.74. The lowest BCUT2D eigenvalue weighted by Gasteiger charge is -2.32. The molecule has 1 aliphatic rings. The molecule has 2 rings (SSSR count). The number of likely N-dealkylation sites (N-methyl/N-ethyl adjacent to an activating group) is 1. The first-order valence-electron chi connectivity index (χ1n) is 8.93. The van der Waals surface area contributed by atoms with Crippen LogP contribution < -0.4 is 14.2 Å². The van der Waals surface area contributed by atoms with E-state index < -0.39 is 0 Å². The lowest BCUT2D eigenvalue weighted by molar-refractivity contribution is -0.128. The quantitative estimate of drug-likeness (QED) is 0.702. The Morgan fingerprint density at radius 3 is 2.16 bits per heavy atom. The molecule has 1 aliphatic carbocycles. The molecule has 0 unspecified atom stereocenters. The summed E-state index contributed by atoms with van der Waals surface area (Å²) in [4.78, 5) is 14.6. The average molecular weight is 347 g/mol. The summed E-state index contributed by atoms with van der Waals surface area (Å²) in [6.07, 6.45) is 9.37. The molecule has 5 heteroatoms. The Morgan fingerprint density at radius 2 is 1.68 bits per heavy atom. The molecule has 0 aromatic heterocycles. The molecule has 1 fully saturated rings. The fraction of sp³-hybridized carbons (Fsp3) is 0.550. The highest BCUT2D eigenvalue weighted by Gasteiger charge is 2.22. The van der Waals surface area contributed by atoms with E-state index in [2.05, 4.69) is 0 Å². The fourth-order valence-electron chi connectivity index (χ4n) is 3.45. The number of methoxy groups -OCH3 is 3. The lowest BCUT2D eigenvalue weighted by atomic mass is 9.94. The Kier molecular flexibility index (Phi) is 7.16. The second kappa shape index (κ2) is 9.35. The summed E-state index contributed by atoms with van der Waals surface area (Å²) in [5, 5.41) is 0. The molecule has 1 amide bonds. The van der Waals surface area contributed by atoms with Crippen molar-refractivity contribution >= 4 is 12.0 Å². The Labute approximate surface area is 150 Å². The van der Waals surface area contributed by atoms with E-state index in [1.807, 2.05) is 24.0 Å². The molecule has 0 saturated heterocycles. The normalized spacial score (nSPS) is 15.2. The molecule has 0 atom stereocenters. The van der Waals surface area contributed by atoms with Gasteiger partial charge in [0.1, 0.15) is 0 Å². The summed E-state index contributed by atoms with van der Waals surface area (Å²) in [6.45, 7) is 2.78. The van der Waals surface area contributed by atoms with E-state index >= 15 is 0 Å². The van der Waals surface area contributed by atoms with Gasteiger partial charge in [-0.1, -0.05) is 19.3 Å². The van der Waals surface area contributed by atoms with E-state index in [0.29, 0.717) is 23.3 Å². The third kappa shape index (κ3) is 4.68.